The third-order valence-corrected chi connectivity index (χ3v) is 3.21. The summed E-state index contributed by atoms with van der Waals surface area (Å²) in [6, 6.07) is 1.81. The fourth-order valence-corrected chi connectivity index (χ4v) is 1.99. The average Bonchev–Trinajstić information content (AvgIpc) is 2.72. The zero-order valence-electron chi connectivity index (χ0n) is 11.9. The SMILES string of the molecule is Cc1cc(C)n(CCNC(=O)c2nc(Cl)n(C)n2)c(=O)n1. The van der Waals surface area contributed by atoms with Crippen LogP contribution in [-0.4, -0.2) is 36.8 Å². The van der Waals surface area contributed by atoms with Crippen LogP contribution in [0.15, 0.2) is 10.9 Å². The maximum absolute atomic E-state index is 11.8. The van der Waals surface area contributed by atoms with Crippen LogP contribution in [0.1, 0.15) is 22.0 Å². The quantitative estimate of drug-likeness (QED) is 0.862. The molecule has 0 saturated carbocycles. The molecule has 0 aliphatic heterocycles. The second-order valence-electron chi connectivity index (χ2n) is 4.56. The molecule has 1 N–H and O–H groups in total. The van der Waals surface area contributed by atoms with E-state index in [1.807, 2.05) is 13.0 Å². The lowest BCUT2D eigenvalue weighted by atomic mass is 10.3. The van der Waals surface area contributed by atoms with Crippen LogP contribution >= 0.6 is 11.6 Å². The van der Waals surface area contributed by atoms with Crippen LogP contribution in [-0.2, 0) is 13.6 Å². The molecule has 112 valence electrons. The molecule has 8 nitrogen and oxygen atoms in total. The van der Waals surface area contributed by atoms with Crippen molar-refractivity contribution in [3.8, 4) is 0 Å². The lowest BCUT2D eigenvalue weighted by molar-refractivity contribution is 0.0941. The van der Waals surface area contributed by atoms with E-state index >= 15 is 0 Å². The van der Waals surface area contributed by atoms with Crippen LogP contribution in [0.3, 0.4) is 0 Å². The molecular weight excluding hydrogens is 296 g/mol. The van der Waals surface area contributed by atoms with Gasteiger partial charge in [-0.3, -0.25) is 9.36 Å². The molecule has 2 aromatic rings. The molecule has 0 aliphatic carbocycles. The molecule has 2 aromatic heterocycles. The molecule has 0 saturated heterocycles. The predicted octanol–water partition coefficient (Wildman–Crippen LogP) is 0.0720. The van der Waals surface area contributed by atoms with E-state index in [9.17, 15) is 9.59 Å². The Hall–Kier alpha value is -2.22. The third kappa shape index (κ3) is 3.46. The maximum Gasteiger partial charge on any atom is 0.348 e. The Kier molecular flexibility index (Phi) is 4.37. The first-order valence-corrected chi connectivity index (χ1v) is 6.66. The molecule has 2 rings (SSSR count). The highest BCUT2D eigenvalue weighted by Crippen LogP contribution is 2.02. The fraction of sp³-hybridized carbons (Fsp3) is 0.417. The Labute approximate surface area is 125 Å². The second kappa shape index (κ2) is 6.04. The van der Waals surface area contributed by atoms with E-state index in [0.29, 0.717) is 12.2 Å². The van der Waals surface area contributed by atoms with Gasteiger partial charge in [-0.15, -0.1) is 5.10 Å². The Morgan fingerprint density at radius 1 is 1.38 bits per heavy atom. The number of hydrogen-bond acceptors (Lipinski definition) is 5. The number of nitrogens with one attached hydrogen (secondary N) is 1. The van der Waals surface area contributed by atoms with Gasteiger partial charge >= 0.3 is 5.69 Å². The van der Waals surface area contributed by atoms with E-state index in [0.717, 1.165) is 5.69 Å². The largest absolute Gasteiger partial charge is 0.348 e. The topological polar surface area (TPSA) is 94.7 Å². The summed E-state index contributed by atoms with van der Waals surface area (Å²) >= 11 is 5.72. The Balaban J connectivity index is 1.99. The summed E-state index contributed by atoms with van der Waals surface area (Å²) in [7, 11) is 1.59. The number of aromatic nitrogens is 5. The molecule has 9 heteroatoms. The van der Waals surface area contributed by atoms with Gasteiger partial charge in [-0.05, 0) is 31.5 Å². The first-order chi connectivity index (χ1) is 9.88. The standard InChI is InChI=1S/C12H15ClN6O2/c1-7-6-8(2)19(12(21)15-7)5-4-14-10(20)9-16-11(13)18(3)17-9/h6H,4-5H2,1-3H3,(H,14,20). The van der Waals surface area contributed by atoms with Crippen molar-refractivity contribution < 1.29 is 4.79 Å². The first kappa shape index (κ1) is 15.2. The van der Waals surface area contributed by atoms with Gasteiger partial charge in [0.1, 0.15) is 0 Å². The van der Waals surface area contributed by atoms with Gasteiger partial charge in [-0.25, -0.2) is 9.48 Å². The first-order valence-electron chi connectivity index (χ1n) is 6.28. The van der Waals surface area contributed by atoms with Crippen molar-refractivity contribution in [2.75, 3.05) is 6.54 Å². The Bertz CT molecular complexity index is 716. The highest BCUT2D eigenvalue weighted by molar-refractivity contribution is 6.28. The van der Waals surface area contributed by atoms with E-state index in [1.54, 1.807) is 14.0 Å². The maximum atomic E-state index is 11.8. The molecule has 0 radical (unpaired) electrons. The molecule has 1 amide bonds. The van der Waals surface area contributed by atoms with Gasteiger partial charge in [0.25, 0.3) is 5.91 Å². The van der Waals surface area contributed by atoms with Crippen molar-refractivity contribution in [2.45, 2.75) is 20.4 Å². The van der Waals surface area contributed by atoms with E-state index in [4.69, 9.17) is 11.6 Å². The number of rotatable bonds is 4. The number of carbonyl (C=O) groups is 1. The minimum Gasteiger partial charge on any atom is -0.347 e. The monoisotopic (exact) mass is 310 g/mol. The zero-order chi connectivity index (χ0) is 15.6. The summed E-state index contributed by atoms with van der Waals surface area (Å²) in [5.74, 6) is -0.447. The lowest BCUT2D eigenvalue weighted by Gasteiger charge is -2.09. The summed E-state index contributed by atoms with van der Waals surface area (Å²) in [6.07, 6.45) is 0. The van der Waals surface area contributed by atoms with Crippen molar-refractivity contribution in [1.29, 1.82) is 0 Å². The van der Waals surface area contributed by atoms with Crippen molar-refractivity contribution in [2.24, 2.45) is 7.05 Å². The van der Waals surface area contributed by atoms with Crippen LogP contribution in [0.25, 0.3) is 0 Å². The molecule has 0 atom stereocenters. The van der Waals surface area contributed by atoms with Gasteiger partial charge in [0.05, 0.1) is 0 Å². The minimum absolute atomic E-state index is 0.00593. The summed E-state index contributed by atoms with van der Waals surface area (Å²) in [5, 5.41) is 6.63. The number of halogens is 1. The molecular formula is C12H15ClN6O2. The van der Waals surface area contributed by atoms with Crippen molar-refractivity contribution in [1.82, 2.24) is 29.6 Å². The molecule has 0 fully saturated rings. The van der Waals surface area contributed by atoms with Crippen LogP contribution in [0.4, 0.5) is 0 Å². The van der Waals surface area contributed by atoms with Gasteiger partial charge in [0, 0.05) is 31.5 Å². The van der Waals surface area contributed by atoms with Gasteiger partial charge in [-0.2, -0.15) is 9.97 Å². The lowest BCUT2D eigenvalue weighted by Crippen LogP contribution is -2.33. The van der Waals surface area contributed by atoms with Crippen molar-refractivity contribution >= 4 is 17.5 Å². The summed E-state index contributed by atoms with van der Waals surface area (Å²) < 4.78 is 2.79. The fourth-order valence-electron chi connectivity index (χ4n) is 1.87. The molecule has 0 bridgehead atoms. The van der Waals surface area contributed by atoms with Gasteiger partial charge in [0.2, 0.25) is 11.1 Å². The second-order valence-corrected chi connectivity index (χ2v) is 4.90. The van der Waals surface area contributed by atoms with Crippen LogP contribution in [0, 0.1) is 13.8 Å². The third-order valence-electron chi connectivity index (χ3n) is 2.88. The Morgan fingerprint density at radius 3 is 2.67 bits per heavy atom. The van der Waals surface area contributed by atoms with E-state index in [1.165, 1.54) is 9.25 Å². The smallest absolute Gasteiger partial charge is 0.347 e. The van der Waals surface area contributed by atoms with E-state index < -0.39 is 5.91 Å². The minimum atomic E-state index is -0.441. The summed E-state index contributed by atoms with van der Waals surface area (Å²) in [5.41, 5.74) is 1.13. The number of aryl methyl sites for hydroxylation is 3. The highest BCUT2D eigenvalue weighted by atomic mass is 35.5. The van der Waals surface area contributed by atoms with Crippen LogP contribution in [0.5, 0.6) is 0 Å². The molecule has 2 heterocycles. The molecule has 0 aromatic carbocycles. The zero-order valence-corrected chi connectivity index (χ0v) is 12.7. The van der Waals surface area contributed by atoms with Gasteiger partial charge < -0.3 is 5.32 Å². The number of hydrogen-bond donors (Lipinski definition) is 1. The molecule has 0 spiro atoms. The predicted molar refractivity (Wildman–Crippen MR) is 76.3 cm³/mol. The summed E-state index contributed by atoms with van der Waals surface area (Å²) in [4.78, 5) is 31.2. The number of nitrogens with zero attached hydrogens (tertiary/aromatic N) is 5. The van der Waals surface area contributed by atoms with E-state index in [-0.39, 0.29) is 23.3 Å². The summed E-state index contributed by atoms with van der Waals surface area (Å²) in [6.45, 7) is 4.17. The van der Waals surface area contributed by atoms with Gasteiger partial charge in [-0.1, -0.05) is 0 Å². The number of amides is 1. The normalized spacial score (nSPS) is 10.7. The van der Waals surface area contributed by atoms with Crippen molar-refractivity contribution in [3.63, 3.8) is 0 Å². The van der Waals surface area contributed by atoms with Crippen LogP contribution < -0.4 is 11.0 Å². The molecule has 0 aliphatic rings. The Morgan fingerprint density at radius 2 is 2.10 bits per heavy atom. The highest BCUT2D eigenvalue weighted by Gasteiger charge is 2.13. The average molecular weight is 311 g/mol. The van der Waals surface area contributed by atoms with Gasteiger partial charge in [0.15, 0.2) is 0 Å². The van der Waals surface area contributed by atoms with Crippen LogP contribution in [0.2, 0.25) is 5.28 Å². The molecule has 0 unspecified atom stereocenters. The van der Waals surface area contributed by atoms with Crippen molar-refractivity contribution in [3.05, 3.63) is 39.0 Å². The molecule has 21 heavy (non-hydrogen) atoms. The number of carbonyl (C=O) groups excluding carboxylic acids is 1. The van der Waals surface area contributed by atoms with E-state index in [2.05, 4.69) is 20.4 Å².